The average molecular weight is 218 g/mol. The molecule has 0 aliphatic carbocycles. The highest BCUT2D eigenvalue weighted by Gasteiger charge is 2.12. The zero-order chi connectivity index (χ0) is 11.7. The van der Waals surface area contributed by atoms with E-state index in [1.54, 1.807) is 19.1 Å². The molecule has 16 heavy (non-hydrogen) atoms. The van der Waals surface area contributed by atoms with Crippen molar-refractivity contribution in [1.82, 2.24) is 0 Å². The quantitative estimate of drug-likeness (QED) is 0.722. The highest BCUT2D eigenvalue weighted by molar-refractivity contribution is 5.98. The lowest BCUT2D eigenvalue weighted by Crippen LogP contribution is -2.05. The zero-order valence-corrected chi connectivity index (χ0v) is 8.94. The van der Waals surface area contributed by atoms with Crippen molar-refractivity contribution in [3.8, 4) is 5.75 Å². The van der Waals surface area contributed by atoms with E-state index < -0.39 is 0 Å². The van der Waals surface area contributed by atoms with Gasteiger partial charge in [-0.3, -0.25) is 9.59 Å². The normalized spacial score (nSPS) is 10.4. The van der Waals surface area contributed by atoms with Gasteiger partial charge in [0, 0.05) is 6.07 Å². The number of carbonyl (C=O) groups excluding carboxylic acids is 1. The van der Waals surface area contributed by atoms with E-state index in [2.05, 4.69) is 0 Å². The van der Waals surface area contributed by atoms with Crippen molar-refractivity contribution in [2.24, 2.45) is 0 Å². The predicted molar refractivity (Wildman–Crippen MR) is 59.2 cm³/mol. The van der Waals surface area contributed by atoms with Crippen LogP contribution < -0.4 is 10.2 Å². The molecule has 0 aliphatic heterocycles. The van der Waals surface area contributed by atoms with Gasteiger partial charge in [-0.25, -0.2) is 0 Å². The van der Waals surface area contributed by atoms with Crippen LogP contribution in [-0.4, -0.2) is 13.4 Å². The number of methoxy groups -OCH3 is 1. The van der Waals surface area contributed by atoms with Crippen LogP contribution in [-0.2, 0) is 0 Å². The molecule has 1 aromatic carbocycles. The number of carbonyl (C=O) groups is 1. The average Bonchev–Trinajstić information content (AvgIpc) is 2.27. The van der Waals surface area contributed by atoms with Gasteiger partial charge in [-0.05, 0) is 19.1 Å². The predicted octanol–water partition coefficient (Wildman–Crippen LogP) is 1.92. The number of aryl methyl sites for hydroxylation is 1. The fourth-order valence-corrected chi connectivity index (χ4v) is 1.67. The lowest BCUT2D eigenvalue weighted by molar-refractivity contribution is 0.112. The smallest absolute Gasteiger partial charge is 0.193 e. The SMILES string of the molecule is COc1ccc2oc(C)cc(=O)c2c1C=O. The molecular formula is C12H10O4. The summed E-state index contributed by atoms with van der Waals surface area (Å²) >= 11 is 0. The van der Waals surface area contributed by atoms with Gasteiger partial charge in [-0.1, -0.05) is 0 Å². The van der Waals surface area contributed by atoms with E-state index in [9.17, 15) is 9.59 Å². The Kier molecular flexibility index (Phi) is 2.48. The molecule has 0 spiro atoms. The molecule has 2 aromatic rings. The van der Waals surface area contributed by atoms with E-state index in [0.717, 1.165) is 0 Å². The summed E-state index contributed by atoms with van der Waals surface area (Å²) in [4.78, 5) is 22.7. The Morgan fingerprint density at radius 1 is 1.38 bits per heavy atom. The molecule has 1 aromatic heterocycles. The maximum Gasteiger partial charge on any atom is 0.193 e. The van der Waals surface area contributed by atoms with E-state index in [4.69, 9.17) is 9.15 Å². The van der Waals surface area contributed by atoms with Crippen LogP contribution in [0.4, 0.5) is 0 Å². The van der Waals surface area contributed by atoms with Crippen molar-refractivity contribution in [1.29, 1.82) is 0 Å². The fourth-order valence-electron chi connectivity index (χ4n) is 1.67. The molecule has 0 saturated heterocycles. The molecule has 82 valence electrons. The minimum Gasteiger partial charge on any atom is -0.496 e. The summed E-state index contributed by atoms with van der Waals surface area (Å²) in [5.74, 6) is 0.887. The highest BCUT2D eigenvalue weighted by atomic mass is 16.5. The summed E-state index contributed by atoms with van der Waals surface area (Å²) in [5, 5.41) is 0.264. The minimum atomic E-state index is -0.236. The van der Waals surface area contributed by atoms with Gasteiger partial charge in [-0.15, -0.1) is 0 Å². The van der Waals surface area contributed by atoms with Crippen LogP contribution >= 0.6 is 0 Å². The standard InChI is InChI=1S/C12H10O4/c1-7-5-9(14)12-8(6-13)10(15-2)3-4-11(12)16-7/h3-6H,1-2H3. The monoisotopic (exact) mass is 218 g/mol. The number of hydrogen-bond acceptors (Lipinski definition) is 4. The van der Waals surface area contributed by atoms with Gasteiger partial charge in [0.25, 0.3) is 0 Å². The summed E-state index contributed by atoms with van der Waals surface area (Å²) in [6.07, 6.45) is 0.605. The first-order valence-electron chi connectivity index (χ1n) is 4.74. The Balaban J connectivity index is 2.98. The van der Waals surface area contributed by atoms with Gasteiger partial charge in [0.05, 0.1) is 18.1 Å². The Hall–Kier alpha value is -2.10. The third-order valence-corrected chi connectivity index (χ3v) is 2.36. The number of ether oxygens (including phenoxy) is 1. The van der Waals surface area contributed by atoms with Crippen LogP contribution in [0.5, 0.6) is 5.75 Å². The van der Waals surface area contributed by atoms with Crippen molar-refractivity contribution in [3.05, 3.63) is 39.7 Å². The Morgan fingerprint density at radius 2 is 2.12 bits per heavy atom. The van der Waals surface area contributed by atoms with Crippen LogP contribution in [0.2, 0.25) is 0 Å². The Labute approximate surface area is 91.4 Å². The molecule has 0 saturated carbocycles. The van der Waals surface area contributed by atoms with Crippen LogP contribution in [0.1, 0.15) is 16.1 Å². The van der Waals surface area contributed by atoms with Crippen molar-refractivity contribution in [2.45, 2.75) is 6.92 Å². The van der Waals surface area contributed by atoms with Crippen molar-refractivity contribution < 1.29 is 13.9 Å². The first-order chi connectivity index (χ1) is 7.67. The largest absolute Gasteiger partial charge is 0.496 e. The molecule has 4 nitrogen and oxygen atoms in total. The molecular weight excluding hydrogens is 208 g/mol. The van der Waals surface area contributed by atoms with Gasteiger partial charge in [-0.2, -0.15) is 0 Å². The van der Waals surface area contributed by atoms with Gasteiger partial charge in [0.15, 0.2) is 11.7 Å². The highest BCUT2D eigenvalue weighted by Crippen LogP contribution is 2.24. The molecule has 2 rings (SSSR count). The summed E-state index contributed by atoms with van der Waals surface area (Å²) in [5.41, 5.74) is 0.390. The molecule has 4 heteroatoms. The summed E-state index contributed by atoms with van der Waals surface area (Å²) in [7, 11) is 1.45. The number of hydrogen-bond donors (Lipinski definition) is 0. The van der Waals surface area contributed by atoms with Gasteiger partial charge in [0.1, 0.15) is 17.1 Å². The first-order valence-corrected chi connectivity index (χ1v) is 4.74. The second kappa shape index (κ2) is 3.81. The third kappa shape index (κ3) is 1.48. The van der Waals surface area contributed by atoms with Crippen LogP contribution in [0.15, 0.2) is 27.4 Å². The van der Waals surface area contributed by atoms with E-state index in [0.29, 0.717) is 23.4 Å². The summed E-state index contributed by atoms with van der Waals surface area (Å²) in [6.45, 7) is 1.69. The summed E-state index contributed by atoms with van der Waals surface area (Å²) < 4.78 is 10.4. The fraction of sp³-hybridized carbons (Fsp3) is 0.167. The lowest BCUT2D eigenvalue weighted by atomic mass is 10.1. The summed E-state index contributed by atoms with van der Waals surface area (Å²) in [6, 6.07) is 4.58. The van der Waals surface area contributed by atoms with Crippen molar-refractivity contribution in [2.75, 3.05) is 7.11 Å². The van der Waals surface area contributed by atoms with Crippen LogP contribution in [0.3, 0.4) is 0 Å². The number of fused-ring (bicyclic) bond motifs is 1. The Morgan fingerprint density at radius 3 is 2.75 bits per heavy atom. The maximum atomic E-state index is 11.8. The second-order valence-electron chi connectivity index (χ2n) is 3.39. The maximum absolute atomic E-state index is 11.8. The molecule has 0 bridgehead atoms. The van der Waals surface area contributed by atoms with Gasteiger partial charge in [0.2, 0.25) is 0 Å². The van der Waals surface area contributed by atoms with Gasteiger partial charge >= 0.3 is 0 Å². The lowest BCUT2D eigenvalue weighted by Gasteiger charge is -2.06. The second-order valence-corrected chi connectivity index (χ2v) is 3.39. The molecule has 1 heterocycles. The van der Waals surface area contributed by atoms with E-state index in [1.165, 1.54) is 13.2 Å². The number of rotatable bonds is 2. The Bertz CT molecular complexity index is 610. The molecule has 0 aliphatic rings. The van der Waals surface area contributed by atoms with Crippen molar-refractivity contribution >= 4 is 17.3 Å². The topological polar surface area (TPSA) is 56.5 Å². The van der Waals surface area contributed by atoms with E-state index >= 15 is 0 Å². The molecule has 0 fully saturated rings. The zero-order valence-electron chi connectivity index (χ0n) is 8.94. The van der Waals surface area contributed by atoms with E-state index in [1.807, 2.05) is 0 Å². The third-order valence-electron chi connectivity index (χ3n) is 2.36. The molecule has 0 amide bonds. The van der Waals surface area contributed by atoms with Crippen LogP contribution in [0, 0.1) is 6.92 Å². The first kappa shape index (κ1) is 10.4. The van der Waals surface area contributed by atoms with Crippen LogP contribution in [0.25, 0.3) is 11.0 Å². The number of aldehydes is 1. The van der Waals surface area contributed by atoms with Gasteiger partial charge < -0.3 is 9.15 Å². The molecule has 0 radical (unpaired) electrons. The molecule has 0 atom stereocenters. The van der Waals surface area contributed by atoms with Crippen molar-refractivity contribution in [3.63, 3.8) is 0 Å². The molecule has 0 unspecified atom stereocenters. The minimum absolute atomic E-state index is 0.230. The molecule has 0 N–H and O–H groups in total. The number of benzene rings is 1. The van der Waals surface area contributed by atoms with E-state index in [-0.39, 0.29) is 16.4 Å².